The molecule has 0 amide bonds. The van der Waals surface area contributed by atoms with E-state index in [0.717, 1.165) is 10.9 Å². The topological polar surface area (TPSA) is 42.2 Å². The van der Waals surface area contributed by atoms with Gasteiger partial charge < -0.3 is 5.11 Å². The summed E-state index contributed by atoms with van der Waals surface area (Å²) in [5.41, 5.74) is 1.86. The molecule has 0 fully saturated rings. The van der Waals surface area contributed by atoms with Crippen LogP contribution in [-0.4, -0.2) is 15.2 Å². The number of carbonyl (C=O) groups is 1. The van der Waals surface area contributed by atoms with Gasteiger partial charge >= 0.3 is 5.97 Å². The fourth-order valence-corrected chi connectivity index (χ4v) is 1.69. The van der Waals surface area contributed by atoms with E-state index in [-0.39, 0.29) is 0 Å². The van der Waals surface area contributed by atoms with Crippen LogP contribution in [0.4, 0.5) is 0 Å². The lowest BCUT2D eigenvalue weighted by Gasteiger charge is -2.01. The number of carboxylic acids is 1. The van der Waals surface area contributed by atoms with Crippen LogP contribution in [0.3, 0.4) is 0 Å². The van der Waals surface area contributed by atoms with E-state index in [1.165, 1.54) is 4.09 Å². The minimum absolute atomic E-state index is 0.320. The number of rotatable bonds is 1. The molecule has 0 saturated heterocycles. The second kappa shape index (κ2) is 3.03. The highest BCUT2D eigenvalue weighted by molar-refractivity contribution is 6.19. The Kier molecular flexibility index (Phi) is 1.97. The SMILES string of the molecule is Cc1cc2c(ccn2Cl)cc1C(=O)O. The number of hydrogen-bond donors (Lipinski definition) is 1. The highest BCUT2D eigenvalue weighted by Gasteiger charge is 2.09. The van der Waals surface area contributed by atoms with Gasteiger partial charge in [-0.1, -0.05) is 0 Å². The summed E-state index contributed by atoms with van der Waals surface area (Å²) in [6.45, 7) is 1.76. The molecule has 1 N–H and O–H groups in total. The number of halogens is 1. The van der Waals surface area contributed by atoms with E-state index in [4.69, 9.17) is 16.9 Å². The normalized spacial score (nSPS) is 10.7. The first-order valence-corrected chi connectivity index (χ1v) is 4.44. The molecule has 72 valence electrons. The summed E-state index contributed by atoms with van der Waals surface area (Å²) in [6, 6.07) is 5.19. The van der Waals surface area contributed by atoms with Crippen molar-refractivity contribution in [1.82, 2.24) is 4.09 Å². The fraction of sp³-hybridized carbons (Fsp3) is 0.100. The molecular formula is C10H8ClNO2. The van der Waals surface area contributed by atoms with E-state index in [9.17, 15) is 4.79 Å². The summed E-state index contributed by atoms with van der Waals surface area (Å²) in [5, 5.41) is 9.73. The average molecular weight is 210 g/mol. The molecule has 0 aliphatic carbocycles. The number of nitrogens with zero attached hydrogens (tertiary/aromatic N) is 1. The maximum Gasteiger partial charge on any atom is 0.335 e. The standard InChI is InChI=1S/C10H8ClNO2/c1-6-4-9-7(2-3-12(9)11)5-8(6)10(13)14/h2-5H,1H3,(H,13,14). The lowest BCUT2D eigenvalue weighted by Crippen LogP contribution is -1.99. The number of aromatic carboxylic acids is 1. The maximum absolute atomic E-state index is 10.8. The van der Waals surface area contributed by atoms with Crippen molar-refractivity contribution in [3.8, 4) is 0 Å². The Morgan fingerprint density at radius 1 is 1.50 bits per heavy atom. The summed E-state index contributed by atoms with van der Waals surface area (Å²) < 4.78 is 1.45. The van der Waals surface area contributed by atoms with Gasteiger partial charge in [0.15, 0.2) is 0 Å². The molecule has 3 nitrogen and oxygen atoms in total. The van der Waals surface area contributed by atoms with E-state index in [0.29, 0.717) is 11.1 Å². The van der Waals surface area contributed by atoms with Crippen molar-refractivity contribution in [2.75, 3.05) is 0 Å². The van der Waals surface area contributed by atoms with Gasteiger partial charge in [-0.25, -0.2) is 4.79 Å². The predicted octanol–water partition coefficient (Wildman–Crippen LogP) is 2.65. The Morgan fingerprint density at radius 3 is 2.86 bits per heavy atom. The van der Waals surface area contributed by atoms with E-state index in [1.54, 1.807) is 31.3 Å². The quantitative estimate of drug-likeness (QED) is 0.785. The van der Waals surface area contributed by atoms with Gasteiger partial charge in [0, 0.05) is 23.4 Å². The van der Waals surface area contributed by atoms with Gasteiger partial charge in [0.25, 0.3) is 0 Å². The van der Waals surface area contributed by atoms with Crippen LogP contribution in [0.25, 0.3) is 10.9 Å². The van der Waals surface area contributed by atoms with Gasteiger partial charge in [-0.05, 0) is 30.7 Å². The van der Waals surface area contributed by atoms with Crippen LogP contribution in [0.2, 0.25) is 0 Å². The van der Waals surface area contributed by atoms with Gasteiger partial charge in [0.05, 0.1) is 11.1 Å². The van der Waals surface area contributed by atoms with Crippen molar-refractivity contribution < 1.29 is 9.90 Å². The molecule has 1 aromatic carbocycles. The molecule has 2 aromatic rings. The number of aryl methyl sites for hydroxylation is 1. The summed E-state index contributed by atoms with van der Waals surface area (Å²) in [5.74, 6) is -0.910. The van der Waals surface area contributed by atoms with Crippen molar-refractivity contribution >= 4 is 28.6 Å². The molecule has 0 atom stereocenters. The summed E-state index contributed by atoms with van der Waals surface area (Å²) >= 11 is 5.85. The Balaban J connectivity index is 2.79. The molecule has 4 heteroatoms. The molecule has 0 spiro atoms. The molecular weight excluding hydrogens is 202 g/mol. The van der Waals surface area contributed by atoms with Crippen LogP contribution >= 0.6 is 11.8 Å². The van der Waals surface area contributed by atoms with Gasteiger partial charge in [0.2, 0.25) is 0 Å². The molecule has 0 saturated carbocycles. The molecule has 14 heavy (non-hydrogen) atoms. The minimum atomic E-state index is -0.910. The van der Waals surface area contributed by atoms with Gasteiger partial charge in [0.1, 0.15) is 0 Å². The van der Waals surface area contributed by atoms with Crippen molar-refractivity contribution in [2.45, 2.75) is 6.92 Å². The number of fused-ring (bicyclic) bond motifs is 1. The van der Waals surface area contributed by atoms with Crippen molar-refractivity contribution in [1.29, 1.82) is 0 Å². The molecule has 0 aliphatic heterocycles. The maximum atomic E-state index is 10.8. The van der Waals surface area contributed by atoms with E-state index in [1.807, 2.05) is 0 Å². The van der Waals surface area contributed by atoms with Crippen LogP contribution in [0, 0.1) is 6.92 Å². The van der Waals surface area contributed by atoms with E-state index < -0.39 is 5.97 Å². The van der Waals surface area contributed by atoms with Crippen LogP contribution in [0.5, 0.6) is 0 Å². The average Bonchev–Trinajstić information content (AvgIpc) is 2.46. The number of aromatic nitrogens is 1. The Bertz CT molecular complexity index is 516. The number of carboxylic acid groups (broad SMARTS) is 1. The van der Waals surface area contributed by atoms with Crippen LogP contribution in [0.1, 0.15) is 15.9 Å². The van der Waals surface area contributed by atoms with Crippen LogP contribution in [0.15, 0.2) is 24.4 Å². The lowest BCUT2D eigenvalue weighted by atomic mass is 10.1. The fourth-order valence-electron chi connectivity index (χ4n) is 1.48. The van der Waals surface area contributed by atoms with Crippen molar-refractivity contribution in [3.05, 3.63) is 35.5 Å². The predicted molar refractivity (Wildman–Crippen MR) is 54.9 cm³/mol. The number of benzene rings is 1. The minimum Gasteiger partial charge on any atom is -0.478 e. The molecule has 0 radical (unpaired) electrons. The molecule has 1 heterocycles. The summed E-state index contributed by atoms with van der Waals surface area (Å²) in [7, 11) is 0. The number of hydrogen-bond acceptors (Lipinski definition) is 1. The zero-order chi connectivity index (χ0) is 10.3. The molecule has 2 rings (SSSR count). The zero-order valence-electron chi connectivity index (χ0n) is 7.49. The Labute approximate surface area is 85.6 Å². The van der Waals surface area contributed by atoms with Crippen LogP contribution < -0.4 is 0 Å². The largest absolute Gasteiger partial charge is 0.478 e. The third kappa shape index (κ3) is 1.26. The molecule has 0 unspecified atom stereocenters. The first-order valence-electron chi connectivity index (χ1n) is 4.11. The van der Waals surface area contributed by atoms with Crippen LogP contribution in [-0.2, 0) is 0 Å². The molecule has 0 aliphatic rings. The summed E-state index contributed by atoms with van der Waals surface area (Å²) in [4.78, 5) is 10.8. The smallest absolute Gasteiger partial charge is 0.335 e. The summed E-state index contributed by atoms with van der Waals surface area (Å²) in [6.07, 6.45) is 1.69. The second-order valence-corrected chi connectivity index (χ2v) is 3.52. The molecule has 1 aromatic heterocycles. The third-order valence-corrected chi connectivity index (χ3v) is 2.51. The first-order chi connectivity index (χ1) is 6.59. The Hall–Kier alpha value is -1.48. The van der Waals surface area contributed by atoms with E-state index in [2.05, 4.69) is 0 Å². The van der Waals surface area contributed by atoms with E-state index >= 15 is 0 Å². The van der Waals surface area contributed by atoms with Crippen molar-refractivity contribution in [3.63, 3.8) is 0 Å². The Morgan fingerprint density at radius 2 is 2.21 bits per heavy atom. The second-order valence-electron chi connectivity index (χ2n) is 3.16. The monoisotopic (exact) mass is 209 g/mol. The van der Waals surface area contributed by atoms with Gasteiger partial charge in [-0.15, -0.1) is 0 Å². The van der Waals surface area contributed by atoms with Gasteiger partial charge in [-0.3, -0.25) is 4.09 Å². The third-order valence-electron chi connectivity index (χ3n) is 2.22. The molecule has 0 bridgehead atoms. The highest BCUT2D eigenvalue weighted by atomic mass is 35.5. The lowest BCUT2D eigenvalue weighted by molar-refractivity contribution is 0.0696. The highest BCUT2D eigenvalue weighted by Crippen LogP contribution is 2.21. The van der Waals surface area contributed by atoms with Crippen molar-refractivity contribution in [2.24, 2.45) is 0 Å². The first kappa shape index (κ1) is 9.09. The zero-order valence-corrected chi connectivity index (χ0v) is 8.25. The van der Waals surface area contributed by atoms with Gasteiger partial charge in [-0.2, -0.15) is 0 Å².